The second-order valence-electron chi connectivity index (χ2n) is 6.42. The van der Waals surface area contributed by atoms with Gasteiger partial charge in [0.2, 0.25) is 5.91 Å². The van der Waals surface area contributed by atoms with Crippen LogP contribution in [0, 0.1) is 0 Å². The lowest BCUT2D eigenvalue weighted by Gasteiger charge is -2.16. The summed E-state index contributed by atoms with van der Waals surface area (Å²) in [5, 5.41) is 17.8. The van der Waals surface area contributed by atoms with E-state index < -0.39 is 5.97 Å². The quantitative estimate of drug-likeness (QED) is 0.331. The van der Waals surface area contributed by atoms with Crippen molar-refractivity contribution in [3.8, 4) is 0 Å². The lowest BCUT2D eigenvalue weighted by atomic mass is 10.0. The van der Waals surface area contributed by atoms with E-state index in [1.807, 2.05) is 11.8 Å². The van der Waals surface area contributed by atoms with Crippen molar-refractivity contribution < 1.29 is 19.5 Å². The average Bonchev–Trinajstić information content (AvgIpc) is 3.06. The van der Waals surface area contributed by atoms with Gasteiger partial charge in [-0.25, -0.2) is 4.79 Å². The summed E-state index contributed by atoms with van der Waals surface area (Å²) >= 11 is 1.90. The van der Waals surface area contributed by atoms with Crippen LogP contribution in [-0.2, 0) is 9.59 Å². The Hall–Kier alpha value is -1.44. The van der Waals surface area contributed by atoms with Gasteiger partial charge in [-0.1, -0.05) is 12.8 Å². The fourth-order valence-electron chi connectivity index (χ4n) is 3.17. The summed E-state index contributed by atoms with van der Waals surface area (Å²) in [4.78, 5) is 33.4. The Morgan fingerprint density at radius 2 is 1.92 bits per heavy atom. The molecule has 3 atom stereocenters. The SMILES string of the molecule is O=C(O)CCCCCNC(=O)CCCC[C@@H]1SC[C@@H]2NC(=O)N[C@H]21. The molecule has 4 N–H and O–H groups in total. The lowest BCUT2D eigenvalue weighted by molar-refractivity contribution is -0.137. The Bertz CT molecular complexity index is 461. The predicted molar refractivity (Wildman–Crippen MR) is 93.1 cm³/mol. The van der Waals surface area contributed by atoms with E-state index in [2.05, 4.69) is 16.0 Å². The number of fused-ring (bicyclic) bond motifs is 1. The molecule has 2 fully saturated rings. The van der Waals surface area contributed by atoms with Crippen LogP contribution in [-0.4, -0.2) is 52.6 Å². The van der Waals surface area contributed by atoms with E-state index in [1.165, 1.54) is 0 Å². The molecule has 2 aliphatic rings. The average molecular weight is 357 g/mol. The monoisotopic (exact) mass is 357 g/mol. The first-order valence-electron chi connectivity index (χ1n) is 8.73. The number of carbonyl (C=O) groups is 3. The predicted octanol–water partition coefficient (Wildman–Crippen LogP) is 1.47. The van der Waals surface area contributed by atoms with Gasteiger partial charge in [0, 0.05) is 30.4 Å². The van der Waals surface area contributed by atoms with Crippen molar-refractivity contribution in [2.24, 2.45) is 0 Å². The van der Waals surface area contributed by atoms with Gasteiger partial charge in [0.15, 0.2) is 0 Å². The van der Waals surface area contributed by atoms with Gasteiger partial charge in [0.1, 0.15) is 0 Å². The van der Waals surface area contributed by atoms with Gasteiger partial charge in [-0.15, -0.1) is 0 Å². The highest BCUT2D eigenvalue weighted by Gasteiger charge is 2.42. The van der Waals surface area contributed by atoms with Gasteiger partial charge in [0.05, 0.1) is 12.1 Å². The minimum atomic E-state index is -0.765. The Kier molecular flexibility index (Phi) is 7.68. The third-order valence-corrected chi connectivity index (χ3v) is 5.98. The highest BCUT2D eigenvalue weighted by molar-refractivity contribution is 8.00. The second-order valence-corrected chi connectivity index (χ2v) is 7.69. The summed E-state index contributed by atoms with van der Waals surface area (Å²) in [6.07, 6.45) is 5.93. The van der Waals surface area contributed by atoms with E-state index in [0.29, 0.717) is 24.6 Å². The molecule has 2 rings (SSSR count). The van der Waals surface area contributed by atoms with Crippen LogP contribution in [0.5, 0.6) is 0 Å². The largest absolute Gasteiger partial charge is 0.481 e. The zero-order valence-electron chi connectivity index (χ0n) is 13.9. The Morgan fingerprint density at radius 1 is 1.12 bits per heavy atom. The van der Waals surface area contributed by atoms with Crippen LogP contribution >= 0.6 is 11.8 Å². The number of carbonyl (C=O) groups excluding carboxylic acids is 2. The van der Waals surface area contributed by atoms with Crippen molar-refractivity contribution in [2.75, 3.05) is 12.3 Å². The summed E-state index contributed by atoms with van der Waals surface area (Å²) in [6, 6.07) is 0.442. The Morgan fingerprint density at radius 3 is 2.71 bits per heavy atom. The Labute approximate surface area is 146 Å². The number of unbranched alkanes of at least 4 members (excludes halogenated alkanes) is 3. The maximum Gasteiger partial charge on any atom is 0.315 e. The highest BCUT2D eigenvalue weighted by Crippen LogP contribution is 2.33. The van der Waals surface area contributed by atoms with Gasteiger partial charge in [-0.3, -0.25) is 9.59 Å². The number of rotatable bonds is 11. The van der Waals surface area contributed by atoms with Crippen LogP contribution in [0.1, 0.15) is 51.4 Å². The minimum Gasteiger partial charge on any atom is -0.481 e. The fraction of sp³-hybridized carbons (Fsp3) is 0.812. The lowest BCUT2D eigenvalue weighted by Crippen LogP contribution is -2.36. The molecule has 0 radical (unpaired) electrons. The van der Waals surface area contributed by atoms with Crippen molar-refractivity contribution in [1.82, 2.24) is 16.0 Å². The molecule has 2 aliphatic heterocycles. The Balaban J connectivity index is 1.45. The molecule has 0 unspecified atom stereocenters. The molecule has 2 heterocycles. The summed E-state index contributed by atoms with van der Waals surface area (Å²) in [5.74, 6) is 0.274. The molecule has 0 spiro atoms. The summed E-state index contributed by atoms with van der Waals surface area (Å²) in [6.45, 7) is 0.623. The van der Waals surface area contributed by atoms with E-state index in [9.17, 15) is 14.4 Å². The van der Waals surface area contributed by atoms with Crippen LogP contribution in [0.2, 0.25) is 0 Å². The number of carboxylic acids is 1. The fourth-order valence-corrected chi connectivity index (χ4v) is 4.71. The van der Waals surface area contributed by atoms with Crippen LogP contribution in [0.15, 0.2) is 0 Å². The molecule has 24 heavy (non-hydrogen) atoms. The van der Waals surface area contributed by atoms with Gasteiger partial charge in [0.25, 0.3) is 0 Å². The summed E-state index contributed by atoms with van der Waals surface area (Å²) < 4.78 is 0. The first-order chi connectivity index (χ1) is 11.6. The zero-order valence-corrected chi connectivity index (χ0v) is 14.7. The smallest absolute Gasteiger partial charge is 0.315 e. The van der Waals surface area contributed by atoms with Crippen LogP contribution in [0.25, 0.3) is 0 Å². The number of carboxylic acid groups (broad SMARTS) is 1. The van der Waals surface area contributed by atoms with Crippen LogP contribution in [0.4, 0.5) is 4.79 Å². The molecule has 136 valence electrons. The van der Waals surface area contributed by atoms with Crippen LogP contribution < -0.4 is 16.0 Å². The van der Waals surface area contributed by atoms with Crippen molar-refractivity contribution in [2.45, 2.75) is 68.7 Å². The number of thioether (sulfide) groups is 1. The molecular formula is C16H27N3O4S. The van der Waals surface area contributed by atoms with E-state index in [1.54, 1.807) is 0 Å². The molecule has 0 aliphatic carbocycles. The van der Waals surface area contributed by atoms with E-state index in [0.717, 1.165) is 37.9 Å². The molecular weight excluding hydrogens is 330 g/mol. The molecule has 2 saturated heterocycles. The van der Waals surface area contributed by atoms with Gasteiger partial charge in [-0.2, -0.15) is 11.8 Å². The first-order valence-corrected chi connectivity index (χ1v) is 9.78. The van der Waals surface area contributed by atoms with Crippen molar-refractivity contribution >= 4 is 29.7 Å². The number of hydrogen-bond acceptors (Lipinski definition) is 4. The number of urea groups is 1. The zero-order chi connectivity index (χ0) is 17.4. The third kappa shape index (κ3) is 6.22. The van der Waals surface area contributed by atoms with Crippen LogP contribution in [0.3, 0.4) is 0 Å². The third-order valence-electron chi connectivity index (χ3n) is 4.47. The van der Waals surface area contributed by atoms with Gasteiger partial charge < -0.3 is 21.1 Å². The highest BCUT2D eigenvalue weighted by atomic mass is 32.2. The number of hydrogen-bond donors (Lipinski definition) is 4. The molecule has 0 aromatic heterocycles. The number of nitrogens with one attached hydrogen (secondary N) is 3. The minimum absolute atomic E-state index is 0.0574. The molecule has 3 amide bonds. The van der Waals surface area contributed by atoms with Gasteiger partial charge in [-0.05, 0) is 25.7 Å². The van der Waals surface area contributed by atoms with Crippen molar-refractivity contribution in [3.63, 3.8) is 0 Å². The molecule has 8 heteroatoms. The molecule has 0 aromatic rings. The summed E-state index contributed by atoms with van der Waals surface area (Å²) in [5.41, 5.74) is 0. The molecule has 7 nitrogen and oxygen atoms in total. The number of amides is 3. The van der Waals surface area contributed by atoms with E-state index in [4.69, 9.17) is 5.11 Å². The summed E-state index contributed by atoms with van der Waals surface area (Å²) in [7, 11) is 0. The maximum atomic E-state index is 11.7. The van der Waals surface area contributed by atoms with Gasteiger partial charge >= 0.3 is 12.0 Å². The van der Waals surface area contributed by atoms with Crippen molar-refractivity contribution in [1.29, 1.82) is 0 Å². The molecule has 0 bridgehead atoms. The molecule has 0 saturated carbocycles. The van der Waals surface area contributed by atoms with Crippen molar-refractivity contribution in [3.05, 3.63) is 0 Å². The standard InChI is InChI=1S/C16H27N3O4S/c20-13(17-9-5-1-2-8-14(21)22)7-4-3-6-12-15-11(10-24-12)18-16(23)19-15/h11-12,15H,1-10H2,(H,17,20)(H,21,22)(H2,18,19,23)/t11-,12-,15+/m0/s1. The normalized spacial score (nSPS) is 25.0. The second kappa shape index (κ2) is 9.76. The topological polar surface area (TPSA) is 108 Å². The van der Waals surface area contributed by atoms with E-state index >= 15 is 0 Å². The maximum absolute atomic E-state index is 11.7. The first kappa shape index (κ1) is 18.9. The number of aliphatic carboxylic acids is 1. The van der Waals surface area contributed by atoms with E-state index in [-0.39, 0.29) is 30.4 Å². The molecule has 0 aromatic carbocycles.